The van der Waals surface area contributed by atoms with Crippen LogP contribution in [0.2, 0.25) is 0 Å². The lowest BCUT2D eigenvalue weighted by Gasteiger charge is -2.24. The molecular weight excluding hydrogens is 210 g/mol. The van der Waals surface area contributed by atoms with E-state index in [9.17, 15) is 4.79 Å². The van der Waals surface area contributed by atoms with Gasteiger partial charge in [-0.15, -0.1) is 0 Å². The normalized spacial score (nSPS) is 12.1. The Balaban J connectivity index is 4.39. The van der Waals surface area contributed by atoms with Crippen LogP contribution in [0.5, 0.6) is 0 Å². The largest absolute Gasteiger partial charge is 0.339 e. The minimum atomic E-state index is 0.160. The fraction of sp³-hybridized carbons (Fsp3) is 0.800. The Hall–Kier alpha value is -0.790. The van der Waals surface area contributed by atoms with E-state index in [0.717, 1.165) is 19.5 Å². The molecule has 2 nitrogen and oxygen atoms in total. The van der Waals surface area contributed by atoms with E-state index in [0.29, 0.717) is 17.8 Å². The highest BCUT2D eigenvalue weighted by atomic mass is 16.2. The second-order valence-corrected chi connectivity index (χ2v) is 5.96. The molecule has 2 heteroatoms. The van der Waals surface area contributed by atoms with Gasteiger partial charge in [-0.3, -0.25) is 4.79 Å². The summed E-state index contributed by atoms with van der Waals surface area (Å²) in [5, 5.41) is 0. The molecule has 0 atom stereocenters. The number of allylic oxidation sites excluding steroid dienone is 1. The lowest BCUT2D eigenvalue weighted by atomic mass is 10.1. The SMILES string of the molecule is CC(C)/C=C/C(=O)N(CCC(C)C)CC(C)C. The highest BCUT2D eigenvalue weighted by Gasteiger charge is 2.12. The van der Waals surface area contributed by atoms with E-state index >= 15 is 0 Å². The number of carbonyl (C=O) groups excluding carboxylic acids is 1. The first-order valence-electron chi connectivity index (χ1n) is 6.80. The van der Waals surface area contributed by atoms with Crippen LogP contribution >= 0.6 is 0 Å². The van der Waals surface area contributed by atoms with Gasteiger partial charge in [-0.1, -0.05) is 47.6 Å². The topological polar surface area (TPSA) is 20.3 Å². The van der Waals surface area contributed by atoms with Gasteiger partial charge in [0, 0.05) is 13.1 Å². The van der Waals surface area contributed by atoms with Crippen molar-refractivity contribution in [1.29, 1.82) is 0 Å². The lowest BCUT2D eigenvalue weighted by molar-refractivity contribution is -0.126. The Labute approximate surface area is 107 Å². The van der Waals surface area contributed by atoms with Crippen molar-refractivity contribution in [2.45, 2.75) is 48.0 Å². The third kappa shape index (κ3) is 8.96. The molecule has 0 rings (SSSR count). The van der Waals surface area contributed by atoms with Crippen molar-refractivity contribution in [3.8, 4) is 0 Å². The molecule has 100 valence electrons. The van der Waals surface area contributed by atoms with Crippen molar-refractivity contribution < 1.29 is 4.79 Å². The van der Waals surface area contributed by atoms with Gasteiger partial charge < -0.3 is 4.90 Å². The van der Waals surface area contributed by atoms with Gasteiger partial charge in [0.25, 0.3) is 0 Å². The van der Waals surface area contributed by atoms with Gasteiger partial charge >= 0.3 is 0 Å². The fourth-order valence-corrected chi connectivity index (χ4v) is 1.53. The zero-order valence-corrected chi connectivity index (χ0v) is 12.4. The maximum atomic E-state index is 12.0. The highest BCUT2D eigenvalue weighted by Crippen LogP contribution is 2.07. The summed E-state index contributed by atoms with van der Waals surface area (Å²) >= 11 is 0. The van der Waals surface area contributed by atoms with Crippen LogP contribution in [-0.4, -0.2) is 23.9 Å². The molecule has 1 amide bonds. The summed E-state index contributed by atoms with van der Waals surface area (Å²) in [6.07, 6.45) is 4.78. The minimum absolute atomic E-state index is 0.160. The summed E-state index contributed by atoms with van der Waals surface area (Å²) in [5.74, 6) is 1.77. The number of nitrogens with zero attached hydrogens (tertiary/aromatic N) is 1. The molecule has 0 unspecified atom stereocenters. The first kappa shape index (κ1) is 16.2. The van der Waals surface area contributed by atoms with Crippen molar-refractivity contribution in [1.82, 2.24) is 4.90 Å². The molecule has 0 radical (unpaired) electrons. The second-order valence-electron chi connectivity index (χ2n) is 5.96. The van der Waals surface area contributed by atoms with Crippen LogP contribution in [0.1, 0.15) is 48.0 Å². The van der Waals surface area contributed by atoms with Crippen molar-refractivity contribution in [2.24, 2.45) is 17.8 Å². The van der Waals surface area contributed by atoms with Crippen molar-refractivity contribution >= 4 is 5.91 Å². The zero-order valence-electron chi connectivity index (χ0n) is 12.4. The van der Waals surface area contributed by atoms with E-state index in [1.165, 1.54) is 0 Å². The molecule has 0 aromatic carbocycles. The molecule has 17 heavy (non-hydrogen) atoms. The Kier molecular flexibility index (Phi) is 7.94. The van der Waals surface area contributed by atoms with Crippen molar-refractivity contribution in [3.63, 3.8) is 0 Å². The van der Waals surface area contributed by atoms with Crippen LogP contribution in [0.4, 0.5) is 0 Å². The number of hydrogen-bond donors (Lipinski definition) is 0. The molecule has 0 aliphatic rings. The quantitative estimate of drug-likeness (QED) is 0.620. The molecule has 0 aliphatic heterocycles. The Bertz CT molecular complexity index is 241. The average Bonchev–Trinajstić information content (AvgIpc) is 2.19. The molecule has 0 spiro atoms. The van der Waals surface area contributed by atoms with Gasteiger partial charge in [-0.05, 0) is 30.3 Å². The number of rotatable bonds is 7. The molecular formula is C15H29NO. The molecule has 0 fully saturated rings. The maximum absolute atomic E-state index is 12.0. The predicted molar refractivity (Wildman–Crippen MR) is 74.9 cm³/mol. The first-order valence-corrected chi connectivity index (χ1v) is 6.80. The van der Waals surface area contributed by atoms with Crippen LogP contribution in [0.25, 0.3) is 0 Å². The van der Waals surface area contributed by atoms with Crippen LogP contribution in [0, 0.1) is 17.8 Å². The standard InChI is InChI=1S/C15H29NO/c1-12(2)7-8-15(17)16(11-14(5)6)10-9-13(3)4/h7-8,12-14H,9-11H2,1-6H3/b8-7+. The van der Waals surface area contributed by atoms with Crippen LogP contribution < -0.4 is 0 Å². The molecule has 0 N–H and O–H groups in total. The number of carbonyl (C=O) groups is 1. The number of amides is 1. The monoisotopic (exact) mass is 239 g/mol. The van der Waals surface area contributed by atoms with E-state index in [4.69, 9.17) is 0 Å². The van der Waals surface area contributed by atoms with E-state index in [-0.39, 0.29) is 5.91 Å². The van der Waals surface area contributed by atoms with Gasteiger partial charge in [0.2, 0.25) is 5.91 Å². The summed E-state index contributed by atoms with van der Waals surface area (Å²) < 4.78 is 0. The van der Waals surface area contributed by atoms with Crippen LogP contribution in [0.3, 0.4) is 0 Å². The van der Waals surface area contributed by atoms with Crippen LogP contribution in [0.15, 0.2) is 12.2 Å². The molecule has 0 aromatic rings. The molecule has 0 bridgehead atoms. The smallest absolute Gasteiger partial charge is 0.246 e. The highest BCUT2D eigenvalue weighted by molar-refractivity contribution is 5.87. The first-order chi connectivity index (χ1) is 7.82. The summed E-state index contributed by atoms with van der Waals surface area (Å²) in [6.45, 7) is 14.6. The average molecular weight is 239 g/mol. The van der Waals surface area contributed by atoms with E-state index in [1.807, 2.05) is 11.0 Å². The molecule has 0 aliphatic carbocycles. The summed E-state index contributed by atoms with van der Waals surface area (Å²) in [5.41, 5.74) is 0. The van der Waals surface area contributed by atoms with Gasteiger partial charge in [0.05, 0.1) is 0 Å². The second kappa shape index (κ2) is 8.32. The molecule has 0 saturated carbocycles. The summed E-state index contributed by atoms with van der Waals surface area (Å²) in [7, 11) is 0. The van der Waals surface area contributed by atoms with Crippen molar-refractivity contribution in [3.05, 3.63) is 12.2 Å². The third-order valence-electron chi connectivity index (χ3n) is 2.50. The van der Waals surface area contributed by atoms with E-state index < -0.39 is 0 Å². The van der Waals surface area contributed by atoms with Gasteiger partial charge in [0.15, 0.2) is 0 Å². The molecule has 0 aromatic heterocycles. The van der Waals surface area contributed by atoms with Crippen LogP contribution in [-0.2, 0) is 4.79 Å². The Morgan fingerprint density at radius 2 is 1.65 bits per heavy atom. The van der Waals surface area contributed by atoms with Gasteiger partial charge in [-0.2, -0.15) is 0 Å². The summed E-state index contributed by atoms with van der Waals surface area (Å²) in [6, 6.07) is 0. The van der Waals surface area contributed by atoms with E-state index in [1.54, 1.807) is 6.08 Å². The van der Waals surface area contributed by atoms with Crippen molar-refractivity contribution in [2.75, 3.05) is 13.1 Å². The third-order valence-corrected chi connectivity index (χ3v) is 2.50. The predicted octanol–water partition coefficient (Wildman–Crippen LogP) is 3.73. The van der Waals surface area contributed by atoms with Gasteiger partial charge in [0.1, 0.15) is 0 Å². The Morgan fingerprint density at radius 1 is 1.06 bits per heavy atom. The fourth-order valence-electron chi connectivity index (χ4n) is 1.53. The number of hydrogen-bond acceptors (Lipinski definition) is 1. The maximum Gasteiger partial charge on any atom is 0.246 e. The summed E-state index contributed by atoms with van der Waals surface area (Å²) in [4.78, 5) is 14.0. The molecule has 0 saturated heterocycles. The minimum Gasteiger partial charge on any atom is -0.339 e. The molecule has 0 heterocycles. The lowest BCUT2D eigenvalue weighted by Crippen LogP contribution is -2.34. The zero-order chi connectivity index (χ0) is 13.4. The van der Waals surface area contributed by atoms with Gasteiger partial charge in [-0.25, -0.2) is 0 Å². The Morgan fingerprint density at radius 3 is 2.06 bits per heavy atom. The van der Waals surface area contributed by atoms with E-state index in [2.05, 4.69) is 41.5 Å².